The smallest absolute Gasteiger partial charge is 0.220 e. The van der Waals surface area contributed by atoms with Crippen molar-refractivity contribution in [3.63, 3.8) is 0 Å². The maximum atomic E-state index is 12.8. The summed E-state index contributed by atoms with van der Waals surface area (Å²) in [6, 6.07) is -0.707. The van der Waals surface area contributed by atoms with Gasteiger partial charge in [0.25, 0.3) is 0 Å². The number of ether oxygens (including phenoxy) is 2. The number of amides is 1. The van der Waals surface area contributed by atoms with E-state index in [1.165, 1.54) is 128 Å². The molecule has 1 aliphatic heterocycles. The number of unbranched alkanes of at least 4 members (excludes halogenated alkanes) is 25. The zero-order valence-electron chi connectivity index (χ0n) is 32.4. The van der Waals surface area contributed by atoms with Gasteiger partial charge in [0, 0.05) is 6.42 Å². The quantitative estimate of drug-likeness (QED) is 0.0362. The van der Waals surface area contributed by atoms with E-state index in [0.29, 0.717) is 12.8 Å². The molecule has 0 bridgehead atoms. The molecule has 9 heteroatoms. The van der Waals surface area contributed by atoms with Crippen LogP contribution < -0.4 is 5.32 Å². The Morgan fingerprint density at radius 3 is 1.42 bits per heavy atom. The number of nitrogens with one attached hydrogen (secondary N) is 1. The molecule has 0 unspecified atom stereocenters. The fraction of sp³-hybridized carbons (Fsp3) is 0.976. The average molecular weight is 716 g/mol. The van der Waals surface area contributed by atoms with Gasteiger partial charge in [-0.05, 0) is 12.8 Å². The molecule has 0 radical (unpaired) electrons. The molecular formula is C41H81NO8. The third kappa shape index (κ3) is 23.7. The first-order chi connectivity index (χ1) is 24.3. The minimum absolute atomic E-state index is 0.136. The van der Waals surface area contributed by atoms with E-state index in [-0.39, 0.29) is 12.5 Å². The summed E-state index contributed by atoms with van der Waals surface area (Å²) >= 11 is 0. The van der Waals surface area contributed by atoms with E-state index >= 15 is 0 Å². The molecule has 1 saturated heterocycles. The zero-order valence-corrected chi connectivity index (χ0v) is 32.4. The lowest BCUT2D eigenvalue weighted by molar-refractivity contribution is -0.302. The Hall–Kier alpha value is -0.810. The van der Waals surface area contributed by atoms with Gasteiger partial charge in [0.15, 0.2) is 6.29 Å². The number of hydrogen-bond donors (Lipinski definition) is 6. The van der Waals surface area contributed by atoms with E-state index in [4.69, 9.17) is 9.47 Å². The lowest BCUT2D eigenvalue weighted by Crippen LogP contribution is -2.60. The second-order valence-electron chi connectivity index (χ2n) is 15.1. The normalized spacial score (nSPS) is 22.1. The van der Waals surface area contributed by atoms with E-state index < -0.39 is 49.5 Å². The van der Waals surface area contributed by atoms with E-state index in [1.54, 1.807) is 0 Å². The van der Waals surface area contributed by atoms with Crippen molar-refractivity contribution in [1.29, 1.82) is 0 Å². The first-order valence-corrected chi connectivity index (χ1v) is 21.2. The minimum Gasteiger partial charge on any atom is -0.394 e. The van der Waals surface area contributed by atoms with Gasteiger partial charge < -0.3 is 40.3 Å². The Morgan fingerprint density at radius 2 is 1.00 bits per heavy atom. The van der Waals surface area contributed by atoms with E-state index in [2.05, 4.69) is 19.2 Å². The van der Waals surface area contributed by atoms with E-state index in [1.807, 2.05) is 0 Å². The average Bonchev–Trinajstić information content (AvgIpc) is 3.11. The number of carbonyl (C=O) groups excluding carboxylic acids is 1. The highest BCUT2D eigenvalue weighted by atomic mass is 16.7. The number of aliphatic hydroxyl groups excluding tert-OH is 5. The van der Waals surface area contributed by atoms with Crippen LogP contribution in [0.3, 0.4) is 0 Å². The third-order valence-corrected chi connectivity index (χ3v) is 10.5. The van der Waals surface area contributed by atoms with E-state index in [9.17, 15) is 30.3 Å². The topological polar surface area (TPSA) is 149 Å². The second kappa shape index (κ2) is 32.8. The molecule has 0 aliphatic carbocycles. The maximum absolute atomic E-state index is 12.8. The molecule has 7 atom stereocenters. The Kier molecular flexibility index (Phi) is 31.0. The van der Waals surface area contributed by atoms with Crippen molar-refractivity contribution >= 4 is 5.91 Å². The molecule has 50 heavy (non-hydrogen) atoms. The molecule has 0 aromatic heterocycles. The molecule has 1 rings (SSSR count). The molecule has 1 heterocycles. The first-order valence-electron chi connectivity index (χ1n) is 21.2. The summed E-state index contributed by atoms with van der Waals surface area (Å²) in [5.41, 5.74) is 0. The highest BCUT2D eigenvalue weighted by Gasteiger charge is 2.44. The Morgan fingerprint density at radius 1 is 0.600 bits per heavy atom. The van der Waals surface area contributed by atoms with Gasteiger partial charge >= 0.3 is 0 Å². The van der Waals surface area contributed by atoms with Crippen LogP contribution in [0.2, 0.25) is 0 Å². The summed E-state index contributed by atoms with van der Waals surface area (Å²) in [4.78, 5) is 12.8. The molecule has 1 aliphatic rings. The van der Waals surface area contributed by atoms with Crippen molar-refractivity contribution in [2.45, 2.75) is 243 Å². The third-order valence-electron chi connectivity index (χ3n) is 10.5. The van der Waals surface area contributed by atoms with Crippen LogP contribution in [-0.4, -0.2) is 87.5 Å². The number of aliphatic hydroxyl groups is 5. The van der Waals surface area contributed by atoms with Crippen LogP contribution in [0.15, 0.2) is 0 Å². The van der Waals surface area contributed by atoms with Gasteiger partial charge in [-0.15, -0.1) is 0 Å². The van der Waals surface area contributed by atoms with Gasteiger partial charge in [-0.2, -0.15) is 0 Å². The largest absolute Gasteiger partial charge is 0.394 e. The maximum Gasteiger partial charge on any atom is 0.220 e. The molecule has 1 fully saturated rings. The molecule has 0 spiro atoms. The van der Waals surface area contributed by atoms with Gasteiger partial charge in [-0.3, -0.25) is 4.79 Å². The van der Waals surface area contributed by atoms with Crippen molar-refractivity contribution < 1.29 is 39.8 Å². The Labute approximate surface area is 306 Å². The summed E-state index contributed by atoms with van der Waals surface area (Å²) in [5, 5.41) is 53.6. The highest BCUT2D eigenvalue weighted by Crippen LogP contribution is 2.23. The van der Waals surface area contributed by atoms with E-state index in [0.717, 1.165) is 44.9 Å². The van der Waals surface area contributed by atoms with Crippen LogP contribution in [0.1, 0.15) is 200 Å². The number of hydrogen-bond acceptors (Lipinski definition) is 8. The monoisotopic (exact) mass is 716 g/mol. The van der Waals surface area contributed by atoms with Crippen LogP contribution >= 0.6 is 0 Å². The standard InChI is InChI=1S/C41H81NO8/c1-3-5-7-9-10-11-12-13-14-15-16-17-18-19-20-21-22-23-24-25-26-27-29-31-37(45)42-34(35(44)30-28-8-6-4-2)33-49-41-40(48)39(47)38(46)36(32-43)50-41/h34-36,38-41,43-44,46-48H,3-33H2,1-2H3,(H,42,45)/t34-,35+,36+,38-,39-,40+,41-/m0/s1. The fourth-order valence-corrected chi connectivity index (χ4v) is 6.98. The van der Waals surface area contributed by atoms with Gasteiger partial charge in [-0.1, -0.05) is 181 Å². The number of rotatable bonds is 35. The van der Waals surface area contributed by atoms with Crippen LogP contribution in [0.5, 0.6) is 0 Å². The summed E-state index contributed by atoms with van der Waals surface area (Å²) in [6.45, 7) is 3.72. The molecule has 0 aromatic rings. The van der Waals surface area contributed by atoms with Gasteiger partial charge in [0.1, 0.15) is 24.4 Å². The summed E-state index contributed by atoms with van der Waals surface area (Å²) in [5.74, 6) is -0.150. The van der Waals surface area contributed by atoms with Crippen molar-refractivity contribution in [3.05, 3.63) is 0 Å². The summed E-state index contributed by atoms with van der Waals surface area (Å²) in [6.07, 6.45) is 27.6. The zero-order chi connectivity index (χ0) is 36.7. The Bertz CT molecular complexity index is 756. The first kappa shape index (κ1) is 47.2. The molecule has 0 saturated carbocycles. The summed E-state index contributed by atoms with van der Waals surface area (Å²) in [7, 11) is 0. The lowest BCUT2D eigenvalue weighted by Gasteiger charge is -2.40. The molecule has 298 valence electrons. The predicted octanol–water partition coefficient (Wildman–Crippen LogP) is 8.00. The van der Waals surface area contributed by atoms with Crippen molar-refractivity contribution in [1.82, 2.24) is 5.32 Å². The van der Waals surface area contributed by atoms with Crippen molar-refractivity contribution in [2.75, 3.05) is 13.2 Å². The van der Waals surface area contributed by atoms with Crippen LogP contribution in [0, 0.1) is 0 Å². The minimum atomic E-state index is -1.54. The molecule has 1 amide bonds. The highest BCUT2D eigenvalue weighted by molar-refractivity contribution is 5.76. The summed E-state index contributed by atoms with van der Waals surface area (Å²) < 4.78 is 11.1. The molecular weight excluding hydrogens is 634 g/mol. The SMILES string of the molecule is CCCCCCCCCCCCCCCCCCCCCCCCCC(=O)N[C@@H](CO[C@H]1O[C@H](CO)[C@H](O)[C@H](O)[C@H]1O)[C@H](O)CCCCCC. The lowest BCUT2D eigenvalue weighted by atomic mass is 9.99. The number of carbonyl (C=O) groups is 1. The van der Waals surface area contributed by atoms with Gasteiger partial charge in [-0.25, -0.2) is 0 Å². The van der Waals surface area contributed by atoms with Crippen LogP contribution in [0.4, 0.5) is 0 Å². The predicted molar refractivity (Wildman–Crippen MR) is 203 cm³/mol. The second-order valence-corrected chi connectivity index (χ2v) is 15.1. The fourth-order valence-electron chi connectivity index (χ4n) is 6.98. The van der Waals surface area contributed by atoms with Crippen LogP contribution in [0.25, 0.3) is 0 Å². The molecule has 6 N–H and O–H groups in total. The van der Waals surface area contributed by atoms with Crippen molar-refractivity contribution in [2.24, 2.45) is 0 Å². The van der Waals surface area contributed by atoms with Gasteiger partial charge in [0.05, 0.1) is 25.4 Å². The molecule has 9 nitrogen and oxygen atoms in total. The van der Waals surface area contributed by atoms with Crippen LogP contribution in [-0.2, 0) is 14.3 Å². The Balaban J connectivity index is 2.11. The van der Waals surface area contributed by atoms with Gasteiger partial charge in [0.2, 0.25) is 5.91 Å². The molecule has 0 aromatic carbocycles. The van der Waals surface area contributed by atoms with Crippen molar-refractivity contribution in [3.8, 4) is 0 Å².